The van der Waals surface area contributed by atoms with Gasteiger partial charge in [0, 0.05) is 31.4 Å². The van der Waals surface area contributed by atoms with Gasteiger partial charge in [-0.1, -0.05) is 36.4 Å². The Morgan fingerprint density at radius 1 is 1.00 bits per heavy atom. The Hall–Kier alpha value is -3.82. The Bertz CT molecular complexity index is 966. The summed E-state index contributed by atoms with van der Waals surface area (Å²) in [7, 11) is 0. The van der Waals surface area contributed by atoms with E-state index in [1.165, 1.54) is 43.3 Å². The number of nitro groups is 1. The van der Waals surface area contributed by atoms with Crippen LogP contribution in [0.2, 0.25) is 0 Å². The van der Waals surface area contributed by atoms with Crippen LogP contribution in [0.4, 0.5) is 10.1 Å². The summed E-state index contributed by atoms with van der Waals surface area (Å²) in [5.74, 6) is -2.75. The van der Waals surface area contributed by atoms with E-state index in [0.717, 1.165) is 0 Å². The highest BCUT2D eigenvalue weighted by Gasteiger charge is 2.28. The molecule has 9 nitrogen and oxygen atoms in total. The van der Waals surface area contributed by atoms with E-state index in [1.54, 1.807) is 12.1 Å². The summed E-state index contributed by atoms with van der Waals surface area (Å²) < 4.78 is 14.0. The van der Waals surface area contributed by atoms with Crippen LogP contribution >= 0.6 is 0 Å². The minimum atomic E-state index is -1.27. The molecule has 10 heteroatoms. The highest BCUT2D eigenvalue weighted by molar-refractivity contribution is 5.91. The first-order valence-corrected chi connectivity index (χ1v) is 9.01. The van der Waals surface area contributed by atoms with Gasteiger partial charge in [-0.05, 0) is 11.6 Å². The Labute approximate surface area is 171 Å². The zero-order chi connectivity index (χ0) is 22.3. The highest BCUT2D eigenvalue weighted by Crippen LogP contribution is 2.19. The van der Waals surface area contributed by atoms with Crippen molar-refractivity contribution >= 4 is 23.4 Å². The predicted octanol–water partition coefficient (Wildman–Crippen LogP) is 0.994. The number of nitro benzene ring substituents is 1. The van der Waals surface area contributed by atoms with Gasteiger partial charge in [0.05, 0.1) is 4.92 Å². The van der Waals surface area contributed by atoms with Gasteiger partial charge in [-0.25, -0.2) is 4.39 Å². The maximum atomic E-state index is 14.0. The monoisotopic (exact) mass is 416 g/mol. The third kappa shape index (κ3) is 6.09. The van der Waals surface area contributed by atoms with Gasteiger partial charge in [-0.2, -0.15) is 0 Å². The van der Waals surface area contributed by atoms with Gasteiger partial charge in [-0.15, -0.1) is 0 Å². The third-order valence-electron chi connectivity index (χ3n) is 4.35. The van der Waals surface area contributed by atoms with E-state index in [0.29, 0.717) is 0 Å². The van der Waals surface area contributed by atoms with Crippen molar-refractivity contribution in [3.05, 3.63) is 75.6 Å². The van der Waals surface area contributed by atoms with Crippen molar-refractivity contribution in [1.29, 1.82) is 0 Å². The molecule has 0 unspecified atom stereocenters. The number of carbonyl (C=O) groups excluding carboxylic acids is 3. The molecular weight excluding hydrogens is 395 g/mol. The van der Waals surface area contributed by atoms with Crippen LogP contribution in [0.5, 0.6) is 0 Å². The van der Waals surface area contributed by atoms with E-state index in [4.69, 9.17) is 5.73 Å². The summed E-state index contributed by atoms with van der Waals surface area (Å²) in [5, 5.41) is 16.0. The van der Waals surface area contributed by atoms with E-state index in [-0.39, 0.29) is 29.7 Å². The molecule has 0 aliphatic heterocycles. The SMILES string of the molecule is CC(=O)N[C@@H](Cc1ccccc1F)C(=O)N[C@@H](Cc1ccccc1[N+](=O)[O-])C(N)=O. The lowest BCUT2D eigenvalue weighted by molar-refractivity contribution is -0.385. The van der Waals surface area contributed by atoms with Crippen LogP contribution < -0.4 is 16.4 Å². The predicted molar refractivity (Wildman–Crippen MR) is 106 cm³/mol. The van der Waals surface area contributed by atoms with Crippen molar-refractivity contribution in [2.45, 2.75) is 31.8 Å². The summed E-state index contributed by atoms with van der Waals surface area (Å²) in [4.78, 5) is 46.7. The molecule has 2 atom stereocenters. The first kappa shape index (κ1) is 22.5. The normalized spacial score (nSPS) is 12.5. The van der Waals surface area contributed by atoms with Gasteiger partial charge in [-0.3, -0.25) is 24.5 Å². The molecule has 0 bridgehead atoms. The number of nitrogens with zero attached hydrogens (tertiary/aromatic N) is 1. The average Bonchev–Trinajstić information content (AvgIpc) is 2.68. The number of halogens is 1. The van der Waals surface area contributed by atoms with Gasteiger partial charge in [0.1, 0.15) is 17.9 Å². The minimum Gasteiger partial charge on any atom is -0.368 e. The zero-order valence-corrected chi connectivity index (χ0v) is 16.1. The Balaban J connectivity index is 2.22. The molecule has 0 aliphatic carbocycles. The van der Waals surface area contributed by atoms with Crippen LogP contribution in [0.3, 0.4) is 0 Å². The number of primary amides is 1. The van der Waals surface area contributed by atoms with E-state index in [1.807, 2.05) is 0 Å². The van der Waals surface area contributed by atoms with E-state index >= 15 is 0 Å². The fourth-order valence-corrected chi connectivity index (χ4v) is 2.92. The van der Waals surface area contributed by atoms with Crippen LogP contribution in [0.25, 0.3) is 0 Å². The van der Waals surface area contributed by atoms with E-state index in [2.05, 4.69) is 10.6 Å². The summed E-state index contributed by atoms with van der Waals surface area (Å²) in [6.45, 7) is 1.19. The quantitative estimate of drug-likeness (QED) is 0.412. The second-order valence-corrected chi connectivity index (χ2v) is 6.60. The number of benzene rings is 2. The number of hydrogen-bond donors (Lipinski definition) is 3. The van der Waals surface area contributed by atoms with Crippen molar-refractivity contribution in [3.8, 4) is 0 Å². The first-order valence-electron chi connectivity index (χ1n) is 9.01. The van der Waals surface area contributed by atoms with Crippen molar-refractivity contribution in [1.82, 2.24) is 10.6 Å². The van der Waals surface area contributed by atoms with Gasteiger partial charge >= 0.3 is 0 Å². The molecule has 0 aliphatic rings. The van der Waals surface area contributed by atoms with Crippen LogP contribution in [-0.4, -0.2) is 34.7 Å². The second kappa shape index (κ2) is 10.1. The number of rotatable bonds is 9. The van der Waals surface area contributed by atoms with Gasteiger partial charge < -0.3 is 16.4 Å². The first-order chi connectivity index (χ1) is 14.2. The fraction of sp³-hybridized carbons (Fsp3) is 0.250. The van der Waals surface area contributed by atoms with Crippen molar-refractivity contribution in [2.75, 3.05) is 0 Å². The lowest BCUT2D eigenvalue weighted by atomic mass is 10.0. The molecule has 3 amide bonds. The van der Waals surface area contributed by atoms with Crippen molar-refractivity contribution < 1.29 is 23.7 Å². The van der Waals surface area contributed by atoms with Crippen LogP contribution in [0.15, 0.2) is 48.5 Å². The number of hydrogen-bond acceptors (Lipinski definition) is 5. The minimum absolute atomic E-state index is 0.158. The molecule has 2 rings (SSSR count). The number of amides is 3. The lowest BCUT2D eigenvalue weighted by Crippen LogP contribution is -2.54. The zero-order valence-electron chi connectivity index (χ0n) is 16.1. The maximum absolute atomic E-state index is 14.0. The molecule has 4 N–H and O–H groups in total. The highest BCUT2D eigenvalue weighted by atomic mass is 19.1. The Morgan fingerprint density at radius 2 is 1.57 bits per heavy atom. The van der Waals surface area contributed by atoms with Crippen LogP contribution in [0.1, 0.15) is 18.1 Å². The number of para-hydroxylation sites is 1. The largest absolute Gasteiger partial charge is 0.368 e. The lowest BCUT2D eigenvalue weighted by Gasteiger charge is -2.22. The second-order valence-electron chi connectivity index (χ2n) is 6.60. The summed E-state index contributed by atoms with van der Waals surface area (Å²) in [5.41, 5.74) is 5.55. The average molecular weight is 416 g/mol. The fourth-order valence-electron chi connectivity index (χ4n) is 2.92. The molecule has 0 saturated heterocycles. The number of carbonyl (C=O) groups is 3. The molecule has 0 aromatic heterocycles. The third-order valence-corrected chi connectivity index (χ3v) is 4.35. The Morgan fingerprint density at radius 3 is 2.13 bits per heavy atom. The Kier molecular flexibility index (Phi) is 7.56. The summed E-state index contributed by atoms with van der Waals surface area (Å²) in [6, 6.07) is 9.07. The van der Waals surface area contributed by atoms with Crippen LogP contribution in [-0.2, 0) is 27.2 Å². The molecule has 2 aromatic carbocycles. The van der Waals surface area contributed by atoms with Gasteiger partial charge in [0.25, 0.3) is 5.69 Å². The molecule has 158 valence electrons. The van der Waals surface area contributed by atoms with Crippen LogP contribution in [0, 0.1) is 15.9 Å². The summed E-state index contributed by atoms with van der Waals surface area (Å²) >= 11 is 0. The van der Waals surface area contributed by atoms with Gasteiger partial charge in [0.2, 0.25) is 17.7 Å². The molecule has 30 heavy (non-hydrogen) atoms. The number of nitrogens with two attached hydrogens (primary N) is 1. The maximum Gasteiger partial charge on any atom is 0.272 e. The standard InChI is InChI=1S/C20H21FN4O5/c1-12(26)23-17(10-13-6-2-4-8-15(13)21)20(28)24-16(19(22)27)11-14-7-3-5-9-18(14)25(29)30/h2-9,16-17H,10-11H2,1H3,(H2,22,27)(H,23,26)(H,24,28)/t16-,17-/m0/s1. The molecule has 0 heterocycles. The van der Waals surface area contributed by atoms with Crippen molar-refractivity contribution in [2.24, 2.45) is 5.73 Å². The van der Waals surface area contributed by atoms with Crippen molar-refractivity contribution in [3.63, 3.8) is 0 Å². The molecule has 0 radical (unpaired) electrons. The molecule has 2 aromatic rings. The smallest absolute Gasteiger partial charge is 0.272 e. The number of nitrogens with one attached hydrogen (secondary N) is 2. The molecular formula is C20H21FN4O5. The molecule has 0 spiro atoms. The topological polar surface area (TPSA) is 144 Å². The van der Waals surface area contributed by atoms with E-state index in [9.17, 15) is 28.9 Å². The van der Waals surface area contributed by atoms with Gasteiger partial charge in [0.15, 0.2) is 0 Å². The summed E-state index contributed by atoms with van der Waals surface area (Å²) in [6.07, 6.45) is -0.375. The molecule has 0 saturated carbocycles. The molecule has 0 fully saturated rings. The van der Waals surface area contributed by atoms with E-state index < -0.39 is 40.5 Å².